The third-order valence-electron chi connectivity index (χ3n) is 3.53. The molecule has 0 aromatic carbocycles. The Hall–Kier alpha value is -0.850. The van der Waals surface area contributed by atoms with Gasteiger partial charge in [0, 0.05) is 32.3 Å². The van der Waals surface area contributed by atoms with Crippen molar-refractivity contribution in [1.82, 2.24) is 10.2 Å². The SMILES string of the molecule is COCC(CCCN)NCCN(C(=O)OC(C)(C)C)C1CC1. The van der Waals surface area contributed by atoms with Gasteiger partial charge in [-0.15, -0.1) is 0 Å². The predicted molar refractivity (Wildman–Crippen MR) is 87.9 cm³/mol. The summed E-state index contributed by atoms with van der Waals surface area (Å²) in [5.41, 5.74) is 5.11. The van der Waals surface area contributed by atoms with Crippen molar-refractivity contribution in [3.63, 3.8) is 0 Å². The van der Waals surface area contributed by atoms with Crippen LogP contribution >= 0.6 is 0 Å². The number of methoxy groups -OCH3 is 1. The summed E-state index contributed by atoms with van der Waals surface area (Å²) in [6, 6.07) is 0.634. The molecule has 0 bridgehead atoms. The van der Waals surface area contributed by atoms with Gasteiger partial charge in [0.25, 0.3) is 0 Å². The van der Waals surface area contributed by atoms with Crippen molar-refractivity contribution in [2.24, 2.45) is 5.73 Å². The highest BCUT2D eigenvalue weighted by Gasteiger charge is 2.34. The highest BCUT2D eigenvalue weighted by atomic mass is 16.6. The predicted octanol–water partition coefficient (Wildman–Crippen LogP) is 1.73. The number of nitrogens with two attached hydrogens (primary N) is 1. The van der Waals surface area contributed by atoms with E-state index in [1.165, 1.54) is 0 Å². The molecule has 0 aromatic rings. The molecular formula is C16H33N3O3. The van der Waals surface area contributed by atoms with E-state index in [0.717, 1.165) is 32.2 Å². The molecular weight excluding hydrogens is 282 g/mol. The third kappa shape index (κ3) is 7.96. The topological polar surface area (TPSA) is 76.8 Å². The zero-order valence-corrected chi connectivity index (χ0v) is 14.6. The highest BCUT2D eigenvalue weighted by Crippen LogP contribution is 2.28. The van der Waals surface area contributed by atoms with Crippen molar-refractivity contribution in [1.29, 1.82) is 0 Å². The van der Waals surface area contributed by atoms with Crippen LogP contribution in [0.15, 0.2) is 0 Å². The largest absolute Gasteiger partial charge is 0.444 e. The minimum Gasteiger partial charge on any atom is -0.444 e. The third-order valence-corrected chi connectivity index (χ3v) is 3.53. The van der Waals surface area contributed by atoms with Crippen LogP contribution in [0.2, 0.25) is 0 Å². The van der Waals surface area contributed by atoms with E-state index in [4.69, 9.17) is 15.2 Å². The Morgan fingerprint density at radius 3 is 2.59 bits per heavy atom. The maximum atomic E-state index is 12.2. The average Bonchev–Trinajstić information content (AvgIpc) is 3.23. The molecule has 1 unspecified atom stereocenters. The lowest BCUT2D eigenvalue weighted by atomic mass is 10.1. The summed E-state index contributed by atoms with van der Waals surface area (Å²) >= 11 is 0. The fraction of sp³-hybridized carbons (Fsp3) is 0.938. The van der Waals surface area contributed by atoms with Gasteiger partial charge in [-0.25, -0.2) is 4.79 Å². The molecule has 0 aromatic heterocycles. The van der Waals surface area contributed by atoms with Gasteiger partial charge in [-0.2, -0.15) is 0 Å². The molecule has 1 rings (SSSR count). The van der Waals surface area contributed by atoms with E-state index in [0.29, 0.717) is 25.7 Å². The van der Waals surface area contributed by atoms with E-state index >= 15 is 0 Å². The van der Waals surface area contributed by atoms with Gasteiger partial charge in [-0.1, -0.05) is 0 Å². The second-order valence-electron chi connectivity index (χ2n) is 6.94. The number of hydrogen-bond donors (Lipinski definition) is 2. The molecule has 0 saturated heterocycles. The van der Waals surface area contributed by atoms with Crippen molar-refractivity contribution in [3.8, 4) is 0 Å². The van der Waals surface area contributed by atoms with Gasteiger partial charge in [-0.05, 0) is 53.0 Å². The maximum absolute atomic E-state index is 12.2. The first-order valence-electron chi connectivity index (χ1n) is 8.29. The highest BCUT2D eigenvalue weighted by molar-refractivity contribution is 5.69. The van der Waals surface area contributed by atoms with E-state index < -0.39 is 5.60 Å². The first-order chi connectivity index (χ1) is 10.4. The van der Waals surface area contributed by atoms with Crippen LogP contribution in [0.25, 0.3) is 0 Å². The summed E-state index contributed by atoms with van der Waals surface area (Å²) in [6.07, 6.45) is 3.91. The molecule has 0 heterocycles. The van der Waals surface area contributed by atoms with Crippen molar-refractivity contribution in [2.75, 3.05) is 33.4 Å². The molecule has 1 atom stereocenters. The smallest absolute Gasteiger partial charge is 0.410 e. The summed E-state index contributed by atoms with van der Waals surface area (Å²) in [6.45, 7) is 8.46. The molecule has 1 fully saturated rings. The molecule has 6 heteroatoms. The van der Waals surface area contributed by atoms with E-state index in [1.54, 1.807) is 7.11 Å². The average molecular weight is 315 g/mol. The number of ether oxygens (including phenoxy) is 2. The maximum Gasteiger partial charge on any atom is 0.410 e. The summed E-state index contributed by atoms with van der Waals surface area (Å²) in [5, 5.41) is 3.46. The second-order valence-corrected chi connectivity index (χ2v) is 6.94. The lowest BCUT2D eigenvalue weighted by Gasteiger charge is -2.28. The fourth-order valence-corrected chi connectivity index (χ4v) is 2.33. The zero-order chi connectivity index (χ0) is 16.6. The number of nitrogens with zero attached hydrogens (tertiary/aromatic N) is 1. The van der Waals surface area contributed by atoms with Crippen LogP contribution in [0.4, 0.5) is 4.79 Å². The summed E-state index contributed by atoms with van der Waals surface area (Å²) in [4.78, 5) is 14.1. The van der Waals surface area contributed by atoms with Crippen LogP contribution < -0.4 is 11.1 Å². The minimum absolute atomic E-state index is 0.206. The first-order valence-corrected chi connectivity index (χ1v) is 8.29. The molecule has 0 aliphatic heterocycles. The molecule has 1 aliphatic rings. The Morgan fingerprint density at radius 2 is 2.09 bits per heavy atom. The molecule has 0 radical (unpaired) electrons. The van der Waals surface area contributed by atoms with Crippen molar-refractivity contribution < 1.29 is 14.3 Å². The number of carbonyl (C=O) groups excluding carboxylic acids is 1. The Labute approximate surface area is 134 Å². The Morgan fingerprint density at radius 1 is 1.41 bits per heavy atom. The van der Waals surface area contributed by atoms with Gasteiger partial charge < -0.3 is 25.4 Å². The zero-order valence-electron chi connectivity index (χ0n) is 14.6. The Bertz CT molecular complexity index is 327. The molecule has 6 nitrogen and oxygen atoms in total. The van der Waals surface area contributed by atoms with E-state index in [9.17, 15) is 4.79 Å². The quantitative estimate of drug-likeness (QED) is 0.642. The lowest BCUT2D eigenvalue weighted by molar-refractivity contribution is 0.0233. The summed E-state index contributed by atoms with van der Waals surface area (Å²) < 4.78 is 10.7. The fourth-order valence-electron chi connectivity index (χ4n) is 2.33. The molecule has 22 heavy (non-hydrogen) atoms. The monoisotopic (exact) mass is 315 g/mol. The molecule has 1 saturated carbocycles. The molecule has 130 valence electrons. The van der Waals surface area contributed by atoms with E-state index in [1.807, 2.05) is 25.7 Å². The summed E-state index contributed by atoms with van der Waals surface area (Å²) in [5.74, 6) is 0. The van der Waals surface area contributed by atoms with Gasteiger partial charge in [0.15, 0.2) is 0 Å². The normalized spacial score (nSPS) is 16.4. The van der Waals surface area contributed by atoms with Gasteiger partial charge >= 0.3 is 6.09 Å². The van der Waals surface area contributed by atoms with Crippen LogP contribution in [0.1, 0.15) is 46.5 Å². The number of carbonyl (C=O) groups is 1. The second kappa shape index (κ2) is 9.33. The van der Waals surface area contributed by atoms with E-state index in [2.05, 4.69) is 5.32 Å². The van der Waals surface area contributed by atoms with Gasteiger partial charge in [0.2, 0.25) is 0 Å². The lowest BCUT2D eigenvalue weighted by Crippen LogP contribution is -2.44. The Kier molecular flexibility index (Phi) is 8.14. The summed E-state index contributed by atoms with van der Waals surface area (Å²) in [7, 11) is 1.70. The van der Waals surface area contributed by atoms with Crippen molar-refractivity contribution in [3.05, 3.63) is 0 Å². The molecule has 0 spiro atoms. The van der Waals surface area contributed by atoms with Crippen molar-refractivity contribution >= 4 is 6.09 Å². The minimum atomic E-state index is -0.447. The van der Waals surface area contributed by atoms with Crippen LogP contribution in [0, 0.1) is 0 Å². The van der Waals surface area contributed by atoms with Crippen LogP contribution in [0.5, 0.6) is 0 Å². The molecule has 3 N–H and O–H groups in total. The molecule has 1 amide bonds. The first kappa shape index (κ1) is 19.2. The van der Waals surface area contributed by atoms with Gasteiger partial charge in [0.05, 0.1) is 6.61 Å². The van der Waals surface area contributed by atoms with Crippen molar-refractivity contribution in [2.45, 2.75) is 64.1 Å². The standard InChI is InChI=1S/C16H33N3O3/c1-16(2,3)22-15(20)19(14-7-8-14)11-10-18-13(12-21-4)6-5-9-17/h13-14,18H,5-12,17H2,1-4H3. The van der Waals surface area contributed by atoms with Gasteiger partial charge in [-0.3, -0.25) is 0 Å². The molecule has 1 aliphatic carbocycles. The van der Waals surface area contributed by atoms with E-state index in [-0.39, 0.29) is 12.1 Å². The number of nitrogens with one attached hydrogen (secondary N) is 1. The Balaban J connectivity index is 2.38. The number of amides is 1. The van der Waals surface area contributed by atoms with Crippen LogP contribution in [-0.2, 0) is 9.47 Å². The van der Waals surface area contributed by atoms with Crippen LogP contribution in [-0.4, -0.2) is 62.0 Å². The van der Waals surface area contributed by atoms with Gasteiger partial charge in [0.1, 0.15) is 5.60 Å². The van der Waals surface area contributed by atoms with Crippen LogP contribution in [0.3, 0.4) is 0 Å². The number of rotatable bonds is 10. The number of hydrogen-bond acceptors (Lipinski definition) is 5.